The molecular weight excluding hydrogens is 457 g/mol. The van der Waals surface area contributed by atoms with Crippen LogP contribution >= 0.6 is 11.8 Å². The molecule has 0 unspecified atom stereocenters. The van der Waals surface area contributed by atoms with E-state index in [9.17, 15) is 17.1 Å². The highest BCUT2D eigenvalue weighted by Gasteiger charge is 2.13. The molecule has 0 atom stereocenters. The predicted molar refractivity (Wildman–Crippen MR) is 119 cm³/mol. The number of fused-ring (bicyclic) bond motifs is 1. The van der Waals surface area contributed by atoms with E-state index >= 15 is 0 Å². The summed E-state index contributed by atoms with van der Waals surface area (Å²) < 4.78 is 35.2. The van der Waals surface area contributed by atoms with Crippen molar-refractivity contribution in [3.63, 3.8) is 0 Å². The predicted octanol–water partition coefficient (Wildman–Crippen LogP) is 3.53. The van der Waals surface area contributed by atoms with Gasteiger partial charge in [0.05, 0.1) is 0 Å². The molecule has 0 radical (unpaired) electrons. The Labute approximate surface area is 186 Å². The first-order chi connectivity index (χ1) is 15.3. The second-order valence-corrected chi connectivity index (χ2v) is 8.84. The van der Waals surface area contributed by atoms with Crippen molar-refractivity contribution in [2.24, 2.45) is 0 Å². The number of urea groups is 1. The van der Waals surface area contributed by atoms with E-state index in [4.69, 9.17) is 5.73 Å². The van der Waals surface area contributed by atoms with Gasteiger partial charge < -0.3 is 21.4 Å². The molecule has 4 rings (SSSR count). The van der Waals surface area contributed by atoms with Crippen LogP contribution in [-0.2, 0) is 16.0 Å². The van der Waals surface area contributed by atoms with Crippen molar-refractivity contribution in [2.75, 3.05) is 16.4 Å². The Kier molecular flexibility index (Phi) is 5.92. The number of nitrogen functional groups attached to an aromatic ring is 1. The summed E-state index contributed by atoms with van der Waals surface area (Å²) in [6.07, 6.45) is 1.35. The summed E-state index contributed by atoms with van der Waals surface area (Å²) in [5.74, 6) is 0.877. The van der Waals surface area contributed by atoms with Gasteiger partial charge in [0.2, 0.25) is 0 Å². The van der Waals surface area contributed by atoms with Gasteiger partial charge >= 0.3 is 16.3 Å². The monoisotopic (exact) mass is 473 g/mol. The molecule has 0 spiro atoms. The zero-order valence-electron chi connectivity index (χ0n) is 16.2. The largest absolute Gasteiger partial charge is 0.382 e. The van der Waals surface area contributed by atoms with Gasteiger partial charge in [-0.25, -0.2) is 19.7 Å². The number of carbonyl (C=O) groups is 1. The van der Waals surface area contributed by atoms with Crippen LogP contribution in [0.4, 0.5) is 25.9 Å². The van der Waals surface area contributed by atoms with E-state index in [2.05, 4.69) is 30.6 Å². The Hall–Kier alpha value is -3.71. The van der Waals surface area contributed by atoms with Crippen LogP contribution in [0.15, 0.2) is 64.9 Å². The number of rotatable bonds is 6. The summed E-state index contributed by atoms with van der Waals surface area (Å²) in [5, 5.41) is 5.76. The fourth-order valence-electron chi connectivity index (χ4n) is 2.80. The van der Waals surface area contributed by atoms with Gasteiger partial charge in [0.1, 0.15) is 16.7 Å². The third-order valence-electron chi connectivity index (χ3n) is 4.23. The molecule has 0 saturated heterocycles. The van der Waals surface area contributed by atoms with E-state index in [0.29, 0.717) is 33.6 Å². The maximum absolute atomic E-state index is 13.1. The quantitative estimate of drug-likeness (QED) is 0.245. The number of amides is 2. The standard InChI is InChI=1S/C19H16FN7O3S2/c20-32(29,30)14-6-2-5-13(8-14)25-18(28)24-12-4-1-3-11(7-12)9-31-19-26-15-16(21)22-10-23-17(15)27-19/h1-8,10H,9H2,(H2,24,25,28)(H3,21,22,23,26,27). The highest BCUT2D eigenvalue weighted by atomic mass is 32.3. The van der Waals surface area contributed by atoms with Crippen LogP contribution in [0.2, 0.25) is 0 Å². The molecule has 10 nitrogen and oxygen atoms in total. The van der Waals surface area contributed by atoms with E-state index < -0.39 is 21.1 Å². The van der Waals surface area contributed by atoms with Gasteiger partial charge in [-0.15, -0.1) is 3.89 Å². The van der Waals surface area contributed by atoms with Crippen molar-refractivity contribution < 1.29 is 17.1 Å². The first kappa shape index (κ1) is 21.5. The molecule has 2 aromatic heterocycles. The fourth-order valence-corrected chi connectivity index (χ4v) is 4.12. The molecule has 5 N–H and O–H groups in total. The SMILES string of the molecule is Nc1ncnc2nc(SCc3cccc(NC(=O)Nc4cccc(S(=O)(=O)F)c4)c3)[nH]c12. The lowest BCUT2D eigenvalue weighted by molar-refractivity contribution is 0.262. The molecule has 0 bridgehead atoms. The lowest BCUT2D eigenvalue weighted by Crippen LogP contribution is -2.19. The molecule has 13 heteroatoms. The number of aromatic amines is 1. The van der Waals surface area contributed by atoms with E-state index in [1.165, 1.54) is 30.2 Å². The Bertz CT molecular complexity index is 1410. The normalized spacial score (nSPS) is 11.4. The van der Waals surface area contributed by atoms with Crippen molar-refractivity contribution in [2.45, 2.75) is 15.8 Å². The number of thioether (sulfide) groups is 1. The molecule has 0 aliphatic rings. The number of hydrogen-bond donors (Lipinski definition) is 4. The van der Waals surface area contributed by atoms with Crippen molar-refractivity contribution in [3.8, 4) is 0 Å². The molecular formula is C19H16FN7O3S2. The fraction of sp³-hybridized carbons (Fsp3) is 0.0526. The van der Waals surface area contributed by atoms with Crippen molar-refractivity contribution in [1.29, 1.82) is 0 Å². The van der Waals surface area contributed by atoms with Gasteiger partial charge in [-0.3, -0.25) is 0 Å². The molecule has 4 aromatic rings. The number of halogens is 1. The van der Waals surface area contributed by atoms with Gasteiger partial charge in [0, 0.05) is 17.1 Å². The van der Waals surface area contributed by atoms with Crippen LogP contribution in [0.25, 0.3) is 11.2 Å². The third-order valence-corrected chi connectivity index (χ3v) is 5.99. The minimum atomic E-state index is -4.86. The molecule has 2 heterocycles. The minimum absolute atomic E-state index is 0.139. The Morgan fingerprint density at radius 1 is 1.09 bits per heavy atom. The lowest BCUT2D eigenvalue weighted by Gasteiger charge is -2.09. The number of carbonyl (C=O) groups excluding carboxylic acids is 1. The number of benzene rings is 2. The van der Waals surface area contributed by atoms with Crippen LogP contribution in [0, 0.1) is 0 Å². The molecule has 164 valence electrons. The summed E-state index contributed by atoms with van der Waals surface area (Å²) in [4.78, 5) is 27.1. The van der Waals surface area contributed by atoms with E-state index in [-0.39, 0.29) is 5.69 Å². The molecule has 2 amide bonds. The van der Waals surface area contributed by atoms with E-state index in [1.807, 2.05) is 6.07 Å². The third kappa shape index (κ3) is 5.12. The Balaban J connectivity index is 1.39. The Morgan fingerprint density at radius 3 is 2.53 bits per heavy atom. The van der Waals surface area contributed by atoms with Crippen molar-refractivity contribution >= 4 is 56.4 Å². The number of H-pyrrole nitrogens is 1. The van der Waals surface area contributed by atoms with Gasteiger partial charge in [-0.1, -0.05) is 30.0 Å². The molecule has 2 aromatic carbocycles. The van der Waals surface area contributed by atoms with Crippen LogP contribution in [0.3, 0.4) is 0 Å². The topological polar surface area (TPSA) is 156 Å². The van der Waals surface area contributed by atoms with E-state index in [1.54, 1.807) is 18.2 Å². The smallest absolute Gasteiger partial charge is 0.332 e. The summed E-state index contributed by atoms with van der Waals surface area (Å²) >= 11 is 1.43. The number of nitrogens with zero attached hydrogens (tertiary/aromatic N) is 3. The summed E-state index contributed by atoms with van der Waals surface area (Å²) in [5.41, 5.74) is 8.44. The van der Waals surface area contributed by atoms with Crippen LogP contribution < -0.4 is 16.4 Å². The maximum atomic E-state index is 13.1. The molecule has 0 aliphatic heterocycles. The average Bonchev–Trinajstić information content (AvgIpc) is 3.17. The van der Waals surface area contributed by atoms with Crippen LogP contribution in [0.1, 0.15) is 5.56 Å². The lowest BCUT2D eigenvalue weighted by atomic mass is 10.2. The second-order valence-electron chi connectivity index (χ2n) is 6.53. The number of anilines is 3. The number of aromatic nitrogens is 4. The van der Waals surface area contributed by atoms with Gasteiger partial charge in [-0.05, 0) is 35.9 Å². The van der Waals surface area contributed by atoms with E-state index in [0.717, 1.165) is 17.7 Å². The van der Waals surface area contributed by atoms with Crippen LogP contribution in [-0.4, -0.2) is 34.4 Å². The first-order valence-corrected chi connectivity index (χ1v) is 11.5. The highest BCUT2D eigenvalue weighted by Crippen LogP contribution is 2.25. The summed E-state index contributed by atoms with van der Waals surface area (Å²) in [6, 6.07) is 11.5. The summed E-state index contributed by atoms with van der Waals surface area (Å²) in [7, 11) is -4.86. The zero-order chi connectivity index (χ0) is 22.7. The number of hydrogen-bond acceptors (Lipinski definition) is 8. The van der Waals surface area contributed by atoms with Crippen molar-refractivity contribution in [1.82, 2.24) is 19.9 Å². The number of nitrogens with one attached hydrogen (secondary N) is 3. The number of nitrogens with two attached hydrogens (primary N) is 1. The molecule has 0 aliphatic carbocycles. The minimum Gasteiger partial charge on any atom is -0.382 e. The van der Waals surface area contributed by atoms with Crippen LogP contribution in [0.5, 0.6) is 0 Å². The maximum Gasteiger partial charge on any atom is 0.332 e. The highest BCUT2D eigenvalue weighted by molar-refractivity contribution is 7.98. The van der Waals surface area contributed by atoms with Gasteiger partial charge in [0.15, 0.2) is 16.6 Å². The molecule has 0 saturated carbocycles. The number of imidazole rings is 1. The second kappa shape index (κ2) is 8.80. The first-order valence-electron chi connectivity index (χ1n) is 9.08. The van der Waals surface area contributed by atoms with Gasteiger partial charge in [-0.2, -0.15) is 8.42 Å². The molecule has 32 heavy (non-hydrogen) atoms. The Morgan fingerprint density at radius 2 is 1.81 bits per heavy atom. The summed E-state index contributed by atoms with van der Waals surface area (Å²) in [6.45, 7) is 0. The van der Waals surface area contributed by atoms with Crippen molar-refractivity contribution in [3.05, 3.63) is 60.4 Å². The average molecular weight is 474 g/mol. The van der Waals surface area contributed by atoms with Gasteiger partial charge in [0.25, 0.3) is 0 Å². The molecule has 0 fully saturated rings. The zero-order valence-corrected chi connectivity index (χ0v) is 17.9.